The van der Waals surface area contributed by atoms with E-state index in [1.807, 2.05) is 35.8 Å². The molecule has 0 unspecified atom stereocenters. The molecule has 134 valence electrons. The number of rotatable bonds is 6. The number of halogens is 1. The Morgan fingerprint density at radius 3 is 2.58 bits per heavy atom. The van der Waals surface area contributed by atoms with Gasteiger partial charge < -0.3 is 4.74 Å². The maximum atomic E-state index is 13.3. The standard InChI is InChI=1S/C19H18FN3O2S/c1-3-25-17(24)12-26-19-22-21-18(14-8-10-15(20)11-9-14)23(19)16-7-5-4-6-13(16)2/h4-11H,3,12H2,1-2H3. The van der Waals surface area contributed by atoms with E-state index in [1.54, 1.807) is 19.1 Å². The smallest absolute Gasteiger partial charge is 0.316 e. The fourth-order valence-corrected chi connectivity index (χ4v) is 3.25. The first-order valence-corrected chi connectivity index (χ1v) is 9.14. The van der Waals surface area contributed by atoms with Crippen molar-refractivity contribution < 1.29 is 13.9 Å². The van der Waals surface area contributed by atoms with Crippen LogP contribution in [0.3, 0.4) is 0 Å². The quantitative estimate of drug-likeness (QED) is 0.484. The van der Waals surface area contributed by atoms with E-state index in [4.69, 9.17) is 4.74 Å². The zero-order chi connectivity index (χ0) is 18.5. The van der Waals surface area contributed by atoms with Gasteiger partial charge >= 0.3 is 5.97 Å². The molecule has 3 aromatic rings. The monoisotopic (exact) mass is 371 g/mol. The van der Waals surface area contributed by atoms with Crippen molar-refractivity contribution in [2.45, 2.75) is 19.0 Å². The topological polar surface area (TPSA) is 57.0 Å². The van der Waals surface area contributed by atoms with Gasteiger partial charge in [-0.1, -0.05) is 30.0 Å². The highest BCUT2D eigenvalue weighted by Gasteiger charge is 2.18. The van der Waals surface area contributed by atoms with Crippen LogP contribution in [-0.2, 0) is 9.53 Å². The molecule has 1 heterocycles. The number of ether oxygens (including phenoxy) is 1. The molecule has 0 atom stereocenters. The van der Waals surface area contributed by atoms with Crippen molar-refractivity contribution in [2.24, 2.45) is 0 Å². The molecular weight excluding hydrogens is 353 g/mol. The molecule has 7 heteroatoms. The maximum absolute atomic E-state index is 13.3. The van der Waals surface area contributed by atoms with Crippen molar-refractivity contribution in [3.05, 3.63) is 59.9 Å². The molecule has 0 bridgehead atoms. The predicted molar refractivity (Wildman–Crippen MR) is 98.8 cm³/mol. The predicted octanol–water partition coefficient (Wildman–Crippen LogP) is 4.04. The van der Waals surface area contributed by atoms with Crippen molar-refractivity contribution in [3.8, 4) is 17.1 Å². The molecule has 0 spiro atoms. The molecule has 26 heavy (non-hydrogen) atoms. The first-order chi connectivity index (χ1) is 12.6. The zero-order valence-corrected chi connectivity index (χ0v) is 15.3. The fraction of sp³-hybridized carbons (Fsp3) is 0.211. The second-order valence-electron chi connectivity index (χ2n) is 5.53. The van der Waals surface area contributed by atoms with Crippen LogP contribution in [0.25, 0.3) is 17.1 Å². The van der Waals surface area contributed by atoms with Crippen molar-refractivity contribution >= 4 is 17.7 Å². The van der Waals surface area contributed by atoms with Crippen molar-refractivity contribution in [2.75, 3.05) is 12.4 Å². The fourth-order valence-electron chi connectivity index (χ4n) is 2.51. The average Bonchev–Trinajstić information content (AvgIpc) is 3.05. The van der Waals surface area contributed by atoms with Gasteiger partial charge in [0.25, 0.3) is 0 Å². The van der Waals surface area contributed by atoms with Crippen molar-refractivity contribution in [1.82, 2.24) is 14.8 Å². The van der Waals surface area contributed by atoms with E-state index in [2.05, 4.69) is 10.2 Å². The number of hydrogen-bond acceptors (Lipinski definition) is 5. The number of thioether (sulfide) groups is 1. The summed E-state index contributed by atoms with van der Waals surface area (Å²) in [4.78, 5) is 11.7. The number of nitrogens with zero attached hydrogens (tertiary/aromatic N) is 3. The molecule has 1 aromatic heterocycles. The van der Waals surface area contributed by atoms with Gasteiger partial charge in [-0.2, -0.15) is 0 Å². The molecular formula is C19H18FN3O2S. The molecule has 0 saturated heterocycles. The lowest BCUT2D eigenvalue weighted by Gasteiger charge is -2.12. The summed E-state index contributed by atoms with van der Waals surface area (Å²) in [5, 5.41) is 9.09. The Bertz CT molecular complexity index is 909. The van der Waals surface area contributed by atoms with Crippen LogP contribution in [0.2, 0.25) is 0 Å². The lowest BCUT2D eigenvalue weighted by Crippen LogP contribution is -2.08. The first kappa shape index (κ1) is 18.1. The Labute approximate surface area is 155 Å². The largest absolute Gasteiger partial charge is 0.465 e. The molecule has 5 nitrogen and oxygen atoms in total. The Balaban J connectivity index is 2.04. The summed E-state index contributed by atoms with van der Waals surface area (Å²) >= 11 is 1.26. The SMILES string of the molecule is CCOC(=O)CSc1nnc(-c2ccc(F)cc2)n1-c1ccccc1C. The molecule has 0 fully saturated rings. The Morgan fingerprint density at radius 1 is 1.15 bits per heavy atom. The minimum absolute atomic E-state index is 0.140. The van der Waals surface area contributed by atoms with Crippen molar-refractivity contribution in [3.63, 3.8) is 0 Å². The van der Waals surface area contributed by atoms with E-state index >= 15 is 0 Å². The van der Waals surface area contributed by atoms with E-state index in [1.165, 1.54) is 23.9 Å². The Kier molecular flexibility index (Phi) is 5.68. The number of esters is 1. The Hall–Kier alpha value is -2.67. The minimum Gasteiger partial charge on any atom is -0.465 e. The van der Waals surface area contributed by atoms with Crippen LogP contribution in [0.1, 0.15) is 12.5 Å². The second-order valence-corrected chi connectivity index (χ2v) is 6.47. The van der Waals surface area contributed by atoms with Crippen LogP contribution in [-0.4, -0.2) is 33.1 Å². The highest BCUT2D eigenvalue weighted by atomic mass is 32.2. The lowest BCUT2D eigenvalue weighted by atomic mass is 10.1. The van der Waals surface area contributed by atoms with Crippen LogP contribution in [0.4, 0.5) is 4.39 Å². The molecule has 0 aliphatic heterocycles. The van der Waals surface area contributed by atoms with Gasteiger partial charge in [0.2, 0.25) is 0 Å². The van der Waals surface area contributed by atoms with Gasteiger partial charge in [-0.3, -0.25) is 9.36 Å². The third kappa shape index (κ3) is 3.94. The first-order valence-electron chi connectivity index (χ1n) is 8.16. The van der Waals surface area contributed by atoms with Crippen LogP contribution < -0.4 is 0 Å². The van der Waals surface area contributed by atoms with Gasteiger partial charge in [0.1, 0.15) is 5.82 Å². The number of para-hydroxylation sites is 1. The van der Waals surface area contributed by atoms with Crippen LogP contribution in [0.5, 0.6) is 0 Å². The Morgan fingerprint density at radius 2 is 1.88 bits per heavy atom. The van der Waals surface area contributed by atoms with Crippen LogP contribution >= 0.6 is 11.8 Å². The molecule has 0 radical (unpaired) electrons. The third-order valence-corrected chi connectivity index (χ3v) is 4.62. The van der Waals surface area contributed by atoms with E-state index in [0.717, 1.165) is 16.8 Å². The summed E-state index contributed by atoms with van der Waals surface area (Å²) in [6, 6.07) is 13.9. The summed E-state index contributed by atoms with van der Waals surface area (Å²) in [6.45, 7) is 4.10. The molecule has 3 rings (SSSR count). The molecule has 2 aromatic carbocycles. The van der Waals surface area contributed by atoms with Crippen LogP contribution in [0.15, 0.2) is 53.7 Å². The number of carbonyl (C=O) groups excluding carboxylic acids is 1. The van der Waals surface area contributed by atoms with Gasteiger partial charge in [0, 0.05) is 5.56 Å². The van der Waals surface area contributed by atoms with E-state index < -0.39 is 0 Å². The van der Waals surface area contributed by atoms with E-state index in [0.29, 0.717) is 17.6 Å². The molecule has 0 saturated carbocycles. The van der Waals surface area contributed by atoms with E-state index in [-0.39, 0.29) is 17.5 Å². The van der Waals surface area contributed by atoms with Gasteiger partial charge in [-0.15, -0.1) is 10.2 Å². The maximum Gasteiger partial charge on any atom is 0.316 e. The highest BCUT2D eigenvalue weighted by Crippen LogP contribution is 2.29. The summed E-state index contributed by atoms with van der Waals surface area (Å²) in [5.74, 6) is 0.111. The normalized spacial score (nSPS) is 10.7. The van der Waals surface area contributed by atoms with E-state index in [9.17, 15) is 9.18 Å². The summed E-state index contributed by atoms with van der Waals surface area (Å²) in [7, 11) is 0. The number of aromatic nitrogens is 3. The summed E-state index contributed by atoms with van der Waals surface area (Å²) in [6.07, 6.45) is 0. The third-order valence-electron chi connectivity index (χ3n) is 3.72. The minimum atomic E-state index is -0.312. The second kappa shape index (κ2) is 8.14. The summed E-state index contributed by atoms with van der Waals surface area (Å²) < 4.78 is 20.1. The number of benzene rings is 2. The van der Waals surface area contributed by atoms with Gasteiger partial charge in [0.15, 0.2) is 11.0 Å². The lowest BCUT2D eigenvalue weighted by molar-refractivity contribution is -0.139. The van der Waals surface area contributed by atoms with Crippen LogP contribution in [0, 0.1) is 12.7 Å². The molecule has 0 aliphatic carbocycles. The van der Waals surface area contributed by atoms with Gasteiger partial charge in [-0.25, -0.2) is 4.39 Å². The zero-order valence-electron chi connectivity index (χ0n) is 14.5. The molecule has 0 aliphatic rings. The number of hydrogen-bond donors (Lipinski definition) is 0. The molecule has 0 N–H and O–H groups in total. The summed E-state index contributed by atoms with van der Waals surface area (Å²) in [5.41, 5.74) is 2.68. The van der Waals surface area contributed by atoms with Crippen molar-refractivity contribution in [1.29, 1.82) is 0 Å². The average molecular weight is 371 g/mol. The molecule has 0 amide bonds. The number of aryl methyl sites for hydroxylation is 1. The highest BCUT2D eigenvalue weighted by molar-refractivity contribution is 7.99. The number of carbonyl (C=O) groups is 1. The van der Waals surface area contributed by atoms with Gasteiger partial charge in [0.05, 0.1) is 18.0 Å². The van der Waals surface area contributed by atoms with Gasteiger partial charge in [-0.05, 0) is 49.7 Å².